The van der Waals surface area contributed by atoms with Crippen molar-refractivity contribution < 1.29 is 22.1 Å². The SMILES string of the molecule is CCOC(=O)c1cccc(OS(=O)(=O)c2ccc(C)cc2)c1. The molecule has 0 atom stereocenters. The third kappa shape index (κ3) is 3.85. The molecule has 5 nitrogen and oxygen atoms in total. The van der Waals surface area contributed by atoms with Gasteiger partial charge < -0.3 is 8.92 Å². The number of hydrogen-bond acceptors (Lipinski definition) is 5. The fourth-order valence-electron chi connectivity index (χ4n) is 1.77. The second-order valence-corrected chi connectivity index (χ2v) is 6.15. The molecule has 0 radical (unpaired) electrons. The number of hydrogen-bond donors (Lipinski definition) is 0. The summed E-state index contributed by atoms with van der Waals surface area (Å²) < 4.78 is 34.3. The Bertz CT molecular complexity index is 763. The van der Waals surface area contributed by atoms with Gasteiger partial charge in [-0.25, -0.2) is 4.79 Å². The van der Waals surface area contributed by atoms with Crippen LogP contribution in [0.4, 0.5) is 0 Å². The molecule has 2 rings (SSSR count). The van der Waals surface area contributed by atoms with E-state index >= 15 is 0 Å². The molecule has 0 spiro atoms. The van der Waals surface area contributed by atoms with Crippen LogP contribution in [0.5, 0.6) is 5.75 Å². The second-order valence-electron chi connectivity index (χ2n) is 4.60. The van der Waals surface area contributed by atoms with Gasteiger partial charge >= 0.3 is 16.1 Å². The molecule has 22 heavy (non-hydrogen) atoms. The third-order valence-electron chi connectivity index (χ3n) is 2.86. The minimum atomic E-state index is -3.94. The lowest BCUT2D eigenvalue weighted by Crippen LogP contribution is -2.10. The molecule has 116 valence electrons. The molecule has 2 aromatic carbocycles. The first-order valence-corrected chi connectivity index (χ1v) is 8.11. The number of carbonyl (C=O) groups excluding carboxylic acids is 1. The molecule has 0 amide bonds. The third-order valence-corrected chi connectivity index (χ3v) is 4.12. The van der Waals surface area contributed by atoms with Gasteiger partial charge in [-0.1, -0.05) is 23.8 Å². The fourth-order valence-corrected chi connectivity index (χ4v) is 2.69. The van der Waals surface area contributed by atoms with E-state index < -0.39 is 16.1 Å². The number of carbonyl (C=O) groups is 1. The smallest absolute Gasteiger partial charge is 0.339 e. The van der Waals surface area contributed by atoms with Crippen molar-refractivity contribution in [3.05, 3.63) is 59.7 Å². The summed E-state index contributed by atoms with van der Waals surface area (Å²) in [6, 6.07) is 12.2. The van der Waals surface area contributed by atoms with Crippen molar-refractivity contribution in [1.29, 1.82) is 0 Å². The van der Waals surface area contributed by atoms with Gasteiger partial charge in [-0.2, -0.15) is 8.42 Å². The van der Waals surface area contributed by atoms with E-state index in [1.165, 1.54) is 36.4 Å². The molecule has 0 N–H and O–H groups in total. The zero-order valence-corrected chi connectivity index (χ0v) is 13.1. The first-order valence-electron chi connectivity index (χ1n) is 6.71. The van der Waals surface area contributed by atoms with E-state index in [1.807, 2.05) is 6.92 Å². The van der Waals surface area contributed by atoms with Crippen LogP contribution in [0.2, 0.25) is 0 Å². The van der Waals surface area contributed by atoms with E-state index in [9.17, 15) is 13.2 Å². The van der Waals surface area contributed by atoms with Gasteiger partial charge in [0.05, 0.1) is 12.2 Å². The molecule has 0 aliphatic carbocycles. The highest BCUT2D eigenvalue weighted by molar-refractivity contribution is 7.87. The zero-order chi connectivity index (χ0) is 16.2. The van der Waals surface area contributed by atoms with E-state index in [4.69, 9.17) is 8.92 Å². The lowest BCUT2D eigenvalue weighted by Gasteiger charge is -2.08. The molecule has 0 unspecified atom stereocenters. The van der Waals surface area contributed by atoms with Crippen LogP contribution in [0.25, 0.3) is 0 Å². The first-order chi connectivity index (χ1) is 10.4. The molecule has 0 saturated heterocycles. The Hall–Kier alpha value is -2.34. The van der Waals surface area contributed by atoms with Gasteiger partial charge in [0.25, 0.3) is 0 Å². The van der Waals surface area contributed by atoms with Gasteiger partial charge in [-0.05, 0) is 44.2 Å². The normalized spacial score (nSPS) is 11.0. The summed E-state index contributed by atoms with van der Waals surface area (Å²) in [4.78, 5) is 11.7. The molecule has 0 bridgehead atoms. The van der Waals surface area contributed by atoms with E-state index in [2.05, 4.69) is 0 Å². The minimum absolute atomic E-state index is 0.0552. The van der Waals surface area contributed by atoms with Crippen molar-refractivity contribution in [3.8, 4) is 5.75 Å². The van der Waals surface area contributed by atoms with Gasteiger partial charge in [0.15, 0.2) is 0 Å². The Labute approximate surface area is 129 Å². The average molecular weight is 320 g/mol. The summed E-state index contributed by atoms with van der Waals surface area (Å²) in [5.74, 6) is -0.466. The molecule has 0 aliphatic rings. The predicted molar refractivity (Wildman–Crippen MR) is 81.4 cm³/mol. The minimum Gasteiger partial charge on any atom is -0.462 e. The van der Waals surface area contributed by atoms with Crippen molar-refractivity contribution in [2.24, 2.45) is 0 Å². The van der Waals surface area contributed by atoms with Gasteiger partial charge in [-0.15, -0.1) is 0 Å². The Morgan fingerprint density at radius 3 is 2.41 bits per heavy atom. The highest BCUT2D eigenvalue weighted by Gasteiger charge is 2.17. The van der Waals surface area contributed by atoms with Crippen LogP contribution in [0.1, 0.15) is 22.8 Å². The molecule has 6 heteroatoms. The maximum absolute atomic E-state index is 12.2. The van der Waals surface area contributed by atoms with Crippen LogP contribution in [-0.4, -0.2) is 21.0 Å². The number of benzene rings is 2. The standard InChI is InChI=1S/C16H16O5S/c1-3-20-16(17)13-5-4-6-14(11-13)21-22(18,19)15-9-7-12(2)8-10-15/h4-11H,3H2,1-2H3. The van der Waals surface area contributed by atoms with Gasteiger partial charge in [0.2, 0.25) is 0 Å². The maximum atomic E-state index is 12.2. The summed E-state index contributed by atoms with van der Waals surface area (Å²) in [6.07, 6.45) is 0. The second kappa shape index (κ2) is 6.62. The highest BCUT2D eigenvalue weighted by atomic mass is 32.2. The fraction of sp³-hybridized carbons (Fsp3) is 0.188. The van der Waals surface area contributed by atoms with Crippen molar-refractivity contribution in [1.82, 2.24) is 0 Å². The Morgan fingerprint density at radius 2 is 1.77 bits per heavy atom. The van der Waals surface area contributed by atoms with Gasteiger partial charge in [0, 0.05) is 0 Å². The summed E-state index contributed by atoms with van der Waals surface area (Å²) in [6.45, 7) is 3.80. The van der Waals surface area contributed by atoms with Crippen molar-refractivity contribution in [2.45, 2.75) is 18.7 Å². The maximum Gasteiger partial charge on any atom is 0.339 e. The molecule has 0 heterocycles. The van der Waals surface area contributed by atoms with Crippen molar-refractivity contribution in [3.63, 3.8) is 0 Å². The molecule has 2 aromatic rings. The summed E-state index contributed by atoms with van der Waals surface area (Å²) in [5, 5.41) is 0. The Balaban J connectivity index is 2.24. The first kappa shape index (κ1) is 16.0. The topological polar surface area (TPSA) is 69.7 Å². The summed E-state index contributed by atoms with van der Waals surface area (Å²) >= 11 is 0. The highest BCUT2D eigenvalue weighted by Crippen LogP contribution is 2.20. The summed E-state index contributed by atoms with van der Waals surface area (Å²) in [7, 11) is -3.94. The predicted octanol–water partition coefficient (Wildman–Crippen LogP) is 2.94. The molecular formula is C16H16O5S. The van der Waals surface area contributed by atoms with E-state index in [-0.39, 0.29) is 22.8 Å². The molecule has 0 aliphatic heterocycles. The number of ether oxygens (including phenoxy) is 1. The molecular weight excluding hydrogens is 304 g/mol. The monoisotopic (exact) mass is 320 g/mol. The quantitative estimate of drug-likeness (QED) is 0.626. The van der Waals surface area contributed by atoms with Crippen molar-refractivity contribution >= 4 is 16.1 Å². The molecule has 0 aromatic heterocycles. The zero-order valence-electron chi connectivity index (χ0n) is 12.3. The van der Waals surface area contributed by atoms with Gasteiger partial charge in [0.1, 0.15) is 10.6 Å². The van der Waals surface area contributed by atoms with Crippen LogP contribution >= 0.6 is 0 Å². The Morgan fingerprint density at radius 1 is 1.09 bits per heavy atom. The van der Waals surface area contributed by atoms with E-state index in [1.54, 1.807) is 19.1 Å². The lowest BCUT2D eigenvalue weighted by molar-refractivity contribution is 0.0526. The van der Waals surface area contributed by atoms with Crippen molar-refractivity contribution in [2.75, 3.05) is 6.61 Å². The van der Waals surface area contributed by atoms with Crippen LogP contribution in [0.3, 0.4) is 0 Å². The van der Waals surface area contributed by atoms with Crippen LogP contribution in [0, 0.1) is 6.92 Å². The van der Waals surface area contributed by atoms with Crippen LogP contribution < -0.4 is 4.18 Å². The largest absolute Gasteiger partial charge is 0.462 e. The molecule has 0 saturated carbocycles. The molecule has 0 fully saturated rings. The number of aryl methyl sites for hydroxylation is 1. The number of esters is 1. The van der Waals surface area contributed by atoms with Crippen LogP contribution in [0.15, 0.2) is 53.4 Å². The summed E-state index contributed by atoms with van der Waals surface area (Å²) in [5.41, 5.74) is 1.18. The Kier molecular flexibility index (Phi) is 4.82. The van der Waals surface area contributed by atoms with Crippen LogP contribution in [-0.2, 0) is 14.9 Å². The number of rotatable bonds is 5. The van der Waals surface area contributed by atoms with E-state index in [0.717, 1.165) is 5.56 Å². The van der Waals surface area contributed by atoms with E-state index in [0.29, 0.717) is 0 Å². The average Bonchev–Trinajstić information content (AvgIpc) is 2.48. The lowest BCUT2D eigenvalue weighted by atomic mass is 10.2. The van der Waals surface area contributed by atoms with Gasteiger partial charge in [-0.3, -0.25) is 0 Å².